The fourth-order valence-corrected chi connectivity index (χ4v) is 4.11. The van der Waals surface area contributed by atoms with E-state index in [2.05, 4.69) is 25.3 Å². The fraction of sp³-hybridized carbons (Fsp3) is 0.455. The van der Waals surface area contributed by atoms with E-state index in [4.69, 9.17) is 11.6 Å². The summed E-state index contributed by atoms with van der Waals surface area (Å²) in [5.41, 5.74) is 2.04. The van der Waals surface area contributed by atoms with E-state index in [1.54, 1.807) is 18.1 Å². The van der Waals surface area contributed by atoms with Gasteiger partial charge in [0.25, 0.3) is 0 Å². The number of anilines is 1. The first kappa shape index (κ1) is 21.5. The van der Waals surface area contributed by atoms with Crippen molar-refractivity contribution in [1.29, 1.82) is 0 Å². The molecule has 1 N–H and O–H groups in total. The third-order valence-electron chi connectivity index (χ3n) is 5.91. The van der Waals surface area contributed by atoms with Crippen LogP contribution < -0.4 is 10.2 Å². The topological polar surface area (TPSA) is 81.7 Å². The molecule has 1 aromatic heterocycles. The normalized spacial score (nSPS) is 20.1. The van der Waals surface area contributed by atoms with Crippen molar-refractivity contribution in [3.05, 3.63) is 41.6 Å². The smallest absolute Gasteiger partial charge is 0.234 e. The van der Waals surface area contributed by atoms with Crippen LogP contribution in [0.5, 0.6) is 0 Å². The Bertz CT molecular complexity index is 930. The van der Waals surface area contributed by atoms with Crippen LogP contribution in [0.3, 0.4) is 0 Å². The zero-order valence-electron chi connectivity index (χ0n) is 17.6. The van der Waals surface area contributed by atoms with Crippen molar-refractivity contribution in [2.75, 3.05) is 51.2 Å². The molecule has 0 bridgehead atoms. The maximum absolute atomic E-state index is 12.4. The van der Waals surface area contributed by atoms with E-state index in [0.717, 1.165) is 49.5 Å². The van der Waals surface area contributed by atoms with Crippen molar-refractivity contribution < 1.29 is 9.59 Å². The highest BCUT2D eigenvalue weighted by Crippen LogP contribution is 2.24. The van der Waals surface area contributed by atoms with Crippen LogP contribution in [0.1, 0.15) is 12.8 Å². The summed E-state index contributed by atoms with van der Waals surface area (Å²) in [5, 5.41) is 12.2. The van der Waals surface area contributed by atoms with E-state index >= 15 is 0 Å². The van der Waals surface area contributed by atoms with E-state index in [9.17, 15) is 9.59 Å². The minimum Gasteiger partial charge on any atom is -0.353 e. The van der Waals surface area contributed by atoms with Gasteiger partial charge in [0.2, 0.25) is 11.8 Å². The zero-order chi connectivity index (χ0) is 21.8. The molecule has 0 spiro atoms. The molecule has 2 saturated heterocycles. The van der Waals surface area contributed by atoms with Gasteiger partial charge in [-0.15, -0.1) is 5.10 Å². The van der Waals surface area contributed by atoms with Gasteiger partial charge in [-0.1, -0.05) is 23.7 Å². The highest BCUT2D eigenvalue weighted by atomic mass is 35.5. The van der Waals surface area contributed by atoms with Crippen LogP contribution in [0.4, 0.5) is 5.82 Å². The zero-order valence-corrected chi connectivity index (χ0v) is 18.4. The second-order valence-electron chi connectivity index (χ2n) is 8.15. The van der Waals surface area contributed by atoms with Gasteiger partial charge in [-0.05, 0) is 30.2 Å². The van der Waals surface area contributed by atoms with E-state index in [1.807, 2.05) is 30.3 Å². The van der Waals surface area contributed by atoms with Gasteiger partial charge in [-0.2, -0.15) is 5.10 Å². The highest BCUT2D eigenvalue weighted by molar-refractivity contribution is 6.30. The molecule has 31 heavy (non-hydrogen) atoms. The summed E-state index contributed by atoms with van der Waals surface area (Å²) in [6.07, 6.45) is 2.95. The third-order valence-corrected chi connectivity index (χ3v) is 6.16. The van der Waals surface area contributed by atoms with Crippen molar-refractivity contribution >= 4 is 29.2 Å². The Labute approximate surface area is 187 Å². The molecule has 2 aliphatic rings. The molecular weight excluding hydrogens is 416 g/mol. The predicted octanol–water partition coefficient (Wildman–Crippen LogP) is 1.66. The summed E-state index contributed by atoms with van der Waals surface area (Å²) < 4.78 is 0. The average molecular weight is 443 g/mol. The number of likely N-dealkylation sites (tertiary alicyclic amines) is 1. The Morgan fingerprint density at radius 1 is 1.13 bits per heavy atom. The summed E-state index contributed by atoms with van der Waals surface area (Å²) in [4.78, 5) is 30.3. The van der Waals surface area contributed by atoms with Crippen LogP contribution in [0.15, 0.2) is 36.5 Å². The number of benzene rings is 1. The van der Waals surface area contributed by atoms with Crippen LogP contribution >= 0.6 is 11.6 Å². The summed E-state index contributed by atoms with van der Waals surface area (Å²) in [6.45, 7) is 4.14. The maximum Gasteiger partial charge on any atom is 0.234 e. The third kappa shape index (κ3) is 5.51. The molecule has 0 saturated carbocycles. The van der Waals surface area contributed by atoms with Gasteiger partial charge in [-0.3, -0.25) is 14.5 Å². The van der Waals surface area contributed by atoms with Gasteiger partial charge < -0.3 is 15.1 Å². The van der Waals surface area contributed by atoms with Crippen molar-refractivity contribution in [2.45, 2.75) is 18.9 Å². The summed E-state index contributed by atoms with van der Waals surface area (Å²) in [7, 11) is 1.80. The SMILES string of the molecule is CN1CCC(NC(=O)CN2CCN(c3cc(-c4ccc(Cl)cc4)cnn3)CC2)CC1=O. The average Bonchev–Trinajstić information content (AvgIpc) is 2.77. The molecule has 2 aliphatic heterocycles. The van der Waals surface area contributed by atoms with Gasteiger partial charge in [0.05, 0.1) is 12.7 Å². The first-order chi connectivity index (χ1) is 15.0. The van der Waals surface area contributed by atoms with Gasteiger partial charge in [0.15, 0.2) is 5.82 Å². The van der Waals surface area contributed by atoms with Crippen molar-refractivity contribution in [3.63, 3.8) is 0 Å². The van der Waals surface area contributed by atoms with Crippen LogP contribution in [-0.2, 0) is 9.59 Å². The number of halogens is 1. The first-order valence-corrected chi connectivity index (χ1v) is 10.9. The van der Waals surface area contributed by atoms with Crippen molar-refractivity contribution in [2.24, 2.45) is 0 Å². The number of aromatic nitrogens is 2. The minimum absolute atomic E-state index is 0.0136. The molecular formula is C22H27ClN6O2. The lowest BCUT2D eigenvalue weighted by molar-refractivity contribution is -0.133. The number of piperidine rings is 1. The van der Waals surface area contributed by atoms with Gasteiger partial charge in [0.1, 0.15) is 0 Å². The molecule has 0 radical (unpaired) electrons. The number of carbonyl (C=O) groups is 2. The predicted molar refractivity (Wildman–Crippen MR) is 120 cm³/mol. The quantitative estimate of drug-likeness (QED) is 0.758. The number of nitrogens with zero attached hydrogens (tertiary/aromatic N) is 5. The minimum atomic E-state index is -0.0524. The standard InChI is InChI=1S/C22H27ClN6O2/c1-27-7-6-19(13-22(27)31)25-21(30)15-28-8-10-29(11-9-28)20-12-17(14-24-26-20)16-2-4-18(23)5-3-16/h2-5,12,14,19H,6-11,13,15H2,1H3,(H,25,30). The number of nitrogens with one attached hydrogen (secondary N) is 1. The lowest BCUT2D eigenvalue weighted by Gasteiger charge is -2.35. The molecule has 1 aromatic carbocycles. The van der Waals surface area contributed by atoms with Crippen LogP contribution in [0, 0.1) is 0 Å². The van der Waals surface area contributed by atoms with Crippen LogP contribution in [0.2, 0.25) is 5.02 Å². The molecule has 164 valence electrons. The summed E-state index contributed by atoms with van der Waals surface area (Å²) in [5.74, 6) is 0.911. The molecule has 9 heteroatoms. The molecule has 2 amide bonds. The van der Waals surface area contributed by atoms with E-state index < -0.39 is 0 Å². The Morgan fingerprint density at radius 2 is 1.87 bits per heavy atom. The number of carbonyl (C=O) groups excluding carboxylic acids is 2. The molecule has 0 aliphatic carbocycles. The molecule has 1 unspecified atom stereocenters. The molecule has 1 atom stereocenters. The van der Waals surface area contributed by atoms with E-state index in [-0.39, 0.29) is 17.9 Å². The molecule has 4 rings (SSSR count). The van der Waals surface area contributed by atoms with Gasteiger partial charge >= 0.3 is 0 Å². The van der Waals surface area contributed by atoms with Gasteiger partial charge in [0, 0.05) is 62.8 Å². The Hall–Kier alpha value is -2.71. The molecule has 8 nitrogen and oxygen atoms in total. The monoisotopic (exact) mass is 442 g/mol. The molecule has 2 fully saturated rings. The second kappa shape index (κ2) is 9.62. The fourth-order valence-electron chi connectivity index (χ4n) is 3.99. The summed E-state index contributed by atoms with van der Waals surface area (Å²) in [6, 6.07) is 9.65. The number of hydrogen-bond donors (Lipinski definition) is 1. The Morgan fingerprint density at radius 3 is 2.58 bits per heavy atom. The number of hydrogen-bond acceptors (Lipinski definition) is 6. The maximum atomic E-state index is 12.4. The van der Waals surface area contributed by atoms with Crippen LogP contribution in [0.25, 0.3) is 11.1 Å². The molecule has 3 heterocycles. The lowest BCUT2D eigenvalue weighted by Crippen LogP contribution is -2.52. The first-order valence-electron chi connectivity index (χ1n) is 10.6. The highest BCUT2D eigenvalue weighted by Gasteiger charge is 2.26. The summed E-state index contributed by atoms with van der Waals surface area (Å²) >= 11 is 5.98. The second-order valence-corrected chi connectivity index (χ2v) is 8.58. The number of piperazine rings is 1. The Kier molecular flexibility index (Phi) is 6.67. The number of amides is 2. The van der Waals surface area contributed by atoms with Crippen LogP contribution in [-0.4, -0.2) is 84.2 Å². The number of rotatable bonds is 5. The lowest BCUT2D eigenvalue weighted by atomic mass is 10.0. The van der Waals surface area contributed by atoms with E-state index in [0.29, 0.717) is 24.5 Å². The van der Waals surface area contributed by atoms with Crippen molar-refractivity contribution in [3.8, 4) is 11.1 Å². The largest absolute Gasteiger partial charge is 0.353 e. The molecule has 2 aromatic rings. The Balaban J connectivity index is 1.28. The van der Waals surface area contributed by atoms with Gasteiger partial charge in [-0.25, -0.2) is 0 Å². The van der Waals surface area contributed by atoms with E-state index in [1.165, 1.54) is 0 Å². The van der Waals surface area contributed by atoms with Crippen molar-refractivity contribution in [1.82, 2.24) is 25.3 Å².